The number of likely N-dealkylation sites (tertiary alicyclic amines) is 1. The van der Waals surface area contributed by atoms with Crippen molar-refractivity contribution in [3.05, 3.63) is 35.5 Å². The zero-order valence-corrected chi connectivity index (χ0v) is 13.8. The summed E-state index contributed by atoms with van der Waals surface area (Å²) in [5.41, 5.74) is 1.64. The van der Waals surface area contributed by atoms with E-state index in [1.165, 1.54) is 0 Å². The number of hydrogen-bond acceptors (Lipinski definition) is 5. The van der Waals surface area contributed by atoms with Gasteiger partial charge in [-0.1, -0.05) is 13.0 Å². The van der Waals surface area contributed by atoms with Crippen molar-refractivity contribution in [3.8, 4) is 5.75 Å². The zero-order chi connectivity index (χ0) is 17.6. The van der Waals surface area contributed by atoms with Gasteiger partial charge in [0.25, 0.3) is 0 Å². The van der Waals surface area contributed by atoms with Crippen LogP contribution in [-0.4, -0.2) is 53.9 Å². The Bertz CT molecular complexity index is 744. The minimum atomic E-state index is -1.26. The van der Waals surface area contributed by atoms with Gasteiger partial charge in [0.05, 0.1) is 13.2 Å². The Balaban J connectivity index is 2.07. The average molecular weight is 332 g/mol. The molecule has 0 aliphatic carbocycles. The Labute approximate surface area is 139 Å². The Morgan fingerprint density at radius 3 is 2.67 bits per heavy atom. The van der Waals surface area contributed by atoms with Crippen LogP contribution in [0.5, 0.6) is 5.75 Å². The molecule has 1 aromatic rings. The van der Waals surface area contributed by atoms with E-state index in [4.69, 9.17) is 9.84 Å². The fraction of sp³-hybridized carbons (Fsp3) is 0.412. The fourth-order valence-corrected chi connectivity index (χ4v) is 4.04. The highest BCUT2D eigenvalue weighted by molar-refractivity contribution is 5.94. The number of anilines is 1. The van der Waals surface area contributed by atoms with Crippen LogP contribution in [0.2, 0.25) is 0 Å². The molecule has 7 heteroatoms. The number of carboxylic acid groups (broad SMARTS) is 2. The second-order valence-corrected chi connectivity index (χ2v) is 6.40. The standard InChI is InChI=1S/C17H20N2O5/c1-17-6-7-19(13(15(22)23)9-14(20)21)16(17)18(2)12-8-10(24-3)4-5-11(12)17/h4-5,8-9,16H,6-7H2,1-3H3,(H,20,21)(H,22,23)/t16-,17-/m1/s1. The average Bonchev–Trinajstić information content (AvgIpc) is 2.98. The quantitative estimate of drug-likeness (QED) is 0.807. The maximum atomic E-state index is 11.6. The van der Waals surface area contributed by atoms with Crippen molar-refractivity contribution in [2.75, 3.05) is 25.6 Å². The Morgan fingerprint density at radius 2 is 2.08 bits per heavy atom. The van der Waals surface area contributed by atoms with Crippen molar-refractivity contribution >= 4 is 17.6 Å². The molecule has 2 aliphatic rings. The van der Waals surface area contributed by atoms with Gasteiger partial charge < -0.3 is 24.7 Å². The largest absolute Gasteiger partial charge is 0.497 e. The molecule has 0 radical (unpaired) electrons. The van der Waals surface area contributed by atoms with Gasteiger partial charge >= 0.3 is 11.9 Å². The molecule has 2 heterocycles. The molecule has 7 nitrogen and oxygen atoms in total. The molecule has 0 unspecified atom stereocenters. The summed E-state index contributed by atoms with van der Waals surface area (Å²) in [6.45, 7) is 2.58. The lowest BCUT2D eigenvalue weighted by molar-refractivity contribution is -0.136. The van der Waals surface area contributed by atoms with Crippen molar-refractivity contribution in [2.24, 2.45) is 0 Å². The van der Waals surface area contributed by atoms with Gasteiger partial charge in [-0.3, -0.25) is 0 Å². The van der Waals surface area contributed by atoms with Gasteiger partial charge in [-0.2, -0.15) is 0 Å². The molecule has 2 atom stereocenters. The Hall–Kier alpha value is -2.70. The zero-order valence-electron chi connectivity index (χ0n) is 13.8. The number of ether oxygens (including phenoxy) is 1. The molecule has 0 saturated carbocycles. The predicted octanol–water partition coefficient (Wildman–Crippen LogP) is 1.49. The van der Waals surface area contributed by atoms with Gasteiger partial charge in [0.2, 0.25) is 0 Å². The third kappa shape index (κ3) is 2.19. The van der Waals surface area contributed by atoms with Crippen molar-refractivity contribution < 1.29 is 24.5 Å². The van der Waals surface area contributed by atoms with E-state index >= 15 is 0 Å². The first-order valence-electron chi connectivity index (χ1n) is 7.65. The topological polar surface area (TPSA) is 90.3 Å². The first-order chi connectivity index (χ1) is 11.3. The lowest BCUT2D eigenvalue weighted by atomic mass is 9.81. The molecule has 0 amide bonds. The summed E-state index contributed by atoms with van der Waals surface area (Å²) < 4.78 is 5.28. The summed E-state index contributed by atoms with van der Waals surface area (Å²) in [5, 5.41) is 18.5. The van der Waals surface area contributed by atoms with E-state index in [1.807, 2.05) is 30.1 Å². The summed E-state index contributed by atoms with van der Waals surface area (Å²) in [6, 6.07) is 5.84. The van der Waals surface area contributed by atoms with E-state index in [-0.39, 0.29) is 17.3 Å². The highest BCUT2D eigenvalue weighted by Crippen LogP contribution is 2.52. The van der Waals surface area contributed by atoms with Crippen molar-refractivity contribution in [1.29, 1.82) is 0 Å². The number of carboxylic acids is 2. The van der Waals surface area contributed by atoms with Crippen molar-refractivity contribution in [1.82, 2.24) is 4.90 Å². The summed E-state index contributed by atoms with van der Waals surface area (Å²) in [6.07, 6.45) is 1.26. The highest BCUT2D eigenvalue weighted by atomic mass is 16.5. The molecule has 3 rings (SSSR count). The third-order valence-electron chi connectivity index (χ3n) is 5.09. The molecule has 0 spiro atoms. The second kappa shape index (κ2) is 5.43. The minimum absolute atomic E-state index is 0.192. The second-order valence-electron chi connectivity index (χ2n) is 6.40. The molecular formula is C17H20N2O5. The smallest absolute Gasteiger partial charge is 0.352 e. The van der Waals surface area contributed by atoms with Crippen LogP contribution in [0.15, 0.2) is 30.0 Å². The number of rotatable bonds is 4. The van der Waals surface area contributed by atoms with Crippen LogP contribution in [0.3, 0.4) is 0 Å². The number of fused-ring (bicyclic) bond motifs is 3. The van der Waals surface area contributed by atoms with Gasteiger partial charge in [-0.25, -0.2) is 9.59 Å². The molecule has 1 fully saturated rings. The number of aliphatic carboxylic acids is 2. The maximum Gasteiger partial charge on any atom is 0.352 e. The van der Waals surface area contributed by atoms with E-state index < -0.39 is 11.9 Å². The van der Waals surface area contributed by atoms with E-state index in [0.29, 0.717) is 6.54 Å². The van der Waals surface area contributed by atoms with E-state index in [0.717, 1.165) is 29.5 Å². The minimum Gasteiger partial charge on any atom is -0.497 e. The molecule has 2 N–H and O–H groups in total. The summed E-state index contributed by atoms with van der Waals surface area (Å²) in [4.78, 5) is 26.3. The molecule has 1 saturated heterocycles. The number of likely N-dealkylation sites (N-methyl/N-ethyl adjacent to an activating group) is 1. The molecule has 0 bridgehead atoms. The molecule has 0 aromatic heterocycles. The highest BCUT2D eigenvalue weighted by Gasteiger charge is 2.54. The number of nitrogens with zero attached hydrogens (tertiary/aromatic N) is 2. The van der Waals surface area contributed by atoms with Crippen LogP contribution in [0.25, 0.3) is 0 Å². The van der Waals surface area contributed by atoms with Crippen LogP contribution < -0.4 is 9.64 Å². The fourth-order valence-electron chi connectivity index (χ4n) is 4.04. The monoisotopic (exact) mass is 332 g/mol. The van der Waals surface area contributed by atoms with E-state index in [1.54, 1.807) is 12.0 Å². The van der Waals surface area contributed by atoms with Crippen LogP contribution in [0.1, 0.15) is 18.9 Å². The van der Waals surface area contributed by atoms with Gasteiger partial charge in [0.15, 0.2) is 0 Å². The molecule has 1 aromatic carbocycles. The Morgan fingerprint density at radius 1 is 1.38 bits per heavy atom. The maximum absolute atomic E-state index is 11.6. The molecule has 2 aliphatic heterocycles. The first kappa shape index (κ1) is 16.2. The SMILES string of the molecule is COc1ccc2c(c1)N(C)[C@@H]1N(C(=CC(=O)O)C(=O)O)CC[C@]21C. The lowest BCUT2D eigenvalue weighted by Crippen LogP contribution is -2.48. The normalized spacial score (nSPS) is 25.5. The van der Waals surface area contributed by atoms with E-state index in [9.17, 15) is 14.7 Å². The third-order valence-corrected chi connectivity index (χ3v) is 5.09. The molecular weight excluding hydrogens is 312 g/mol. The van der Waals surface area contributed by atoms with Crippen LogP contribution in [-0.2, 0) is 15.0 Å². The predicted molar refractivity (Wildman–Crippen MR) is 87.2 cm³/mol. The number of carbonyl (C=O) groups is 2. The van der Waals surface area contributed by atoms with Gasteiger partial charge in [0, 0.05) is 30.8 Å². The van der Waals surface area contributed by atoms with E-state index in [2.05, 4.69) is 6.92 Å². The van der Waals surface area contributed by atoms with Crippen LogP contribution in [0.4, 0.5) is 5.69 Å². The number of benzene rings is 1. The molecule has 128 valence electrons. The molecule has 24 heavy (non-hydrogen) atoms. The summed E-state index contributed by atoms with van der Waals surface area (Å²) >= 11 is 0. The summed E-state index contributed by atoms with van der Waals surface area (Å²) in [5.74, 6) is -1.76. The first-order valence-corrected chi connectivity index (χ1v) is 7.65. The van der Waals surface area contributed by atoms with Crippen LogP contribution >= 0.6 is 0 Å². The Kier molecular flexibility index (Phi) is 3.66. The lowest BCUT2D eigenvalue weighted by Gasteiger charge is -2.35. The van der Waals surface area contributed by atoms with Gasteiger partial charge in [-0.15, -0.1) is 0 Å². The van der Waals surface area contributed by atoms with Crippen molar-refractivity contribution in [3.63, 3.8) is 0 Å². The summed E-state index contributed by atoms with van der Waals surface area (Å²) in [7, 11) is 3.50. The van der Waals surface area contributed by atoms with Gasteiger partial charge in [0.1, 0.15) is 17.6 Å². The van der Waals surface area contributed by atoms with Crippen LogP contribution in [0, 0.1) is 0 Å². The number of methoxy groups -OCH3 is 1. The van der Waals surface area contributed by atoms with Gasteiger partial charge in [-0.05, 0) is 18.1 Å². The van der Waals surface area contributed by atoms with Crippen molar-refractivity contribution in [2.45, 2.75) is 24.9 Å². The number of hydrogen-bond donors (Lipinski definition) is 2.